The average molecular weight is 467 g/mol. The number of phenolic OH excluding ortho intramolecular Hbond substituents is 2. The van der Waals surface area contributed by atoms with Gasteiger partial charge in [0, 0.05) is 26.4 Å². The van der Waals surface area contributed by atoms with Crippen LogP contribution in [0.15, 0.2) is 24.3 Å². The van der Waals surface area contributed by atoms with E-state index >= 15 is 0 Å². The molecule has 6 nitrogen and oxygen atoms in total. The lowest BCUT2D eigenvalue weighted by Crippen LogP contribution is -2.46. The van der Waals surface area contributed by atoms with Crippen molar-refractivity contribution in [2.75, 3.05) is 6.54 Å². The Morgan fingerprint density at radius 3 is 2.57 bits per heavy atom. The molecule has 0 fully saturated rings. The highest BCUT2D eigenvalue weighted by Crippen LogP contribution is 2.46. The first-order valence-electron chi connectivity index (χ1n) is 9.49. The molecule has 1 heterocycles. The number of phenols is 2. The van der Waals surface area contributed by atoms with Crippen molar-refractivity contribution < 1.29 is 19.7 Å². The van der Waals surface area contributed by atoms with Crippen LogP contribution in [0.2, 0.25) is 10.0 Å². The Balaban J connectivity index is 1.57. The number of nitrogens with one attached hydrogen (secondary N) is 1. The number of halogens is 2. The molecule has 1 aliphatic heterocycles. The maximum Gasteiger partial charge on any atom is 0.302 e. The van der Waals surface area contributed by atoms with Crippen molar-refractivity contribution in [3.05, 3.63) is 56.6 Å². The summed E-state index contributed by atoms with van der Waals surface area (Å²) in [6, 6.07) is 7.67. The van der Waals surface area contributed by atoms with Crippen molar-refractivity contribution in [1.82, 2.24) is 10.2 Å². The SMILES string of the molecule is CC(=O)O[C@@H]1Cc2ccccc2[C@H]1NC(=S)N1CCc2c(Cl)c(O)c(O)c(Cl)c2C1. The van der Waals surface area contributed by atoms with Crippen molar-refractivity contribution in [2.24, 2.45) is 0 Å². The fourth-order valence-electron chi connectivity index (χ4n) is 4.15. The van der Waals surface area contributed by atoms with Crippen LogP contribution in [0, 0.1) is 0 Å². The van der Waals surface area contributed by atoms with Gasteiger partial charge in [0.2, 0.25) is 0 Å². The Labute approximate surface area is 189 Å². The second-order valence-corrected chi connectivity index (χ2v) is 8.57. The minimum Gasteiger partial charge on any atom is -0.503 e. The van der Waals surface area contributed by atoms with Gasteiger partial charge in [-0.1, -0.05) is 47.5 Å². The molecule has 30 heavy (non-hydrogen) atoms. The van der Waals surface area contributed by atoms with E-state index in [0.29, 0.717) is 42.2 Å². The van der Waals surface area contributed by atoms with Gasteiger partial charge in [-0.05, 0) is 40.9 Å². The Hall–Kier alpha value is -2.22. The van der Waals surface area contributed by atoms with Crippen molar-refractivity contribution in [3.8, 4) is 11.5 Å². The third kappa shape index (κ3) is 3.66. The molecule has 0 bridgehead atoms. The Kier molecular flexibility index (Phi) is 5.70. The van der Waals surface area contributed by atoms with Crippen LogP contribution in [0.3, 0.4) is 0 Å². The fourth-order valence-corrected chi connectivity index (χ4v) is 4.99. The van der Waals surface area contributed by atoms with Gasteiger partial charge in [0.05, 0.1) is 16.1 Å². The van der Waals surface area contributed by atoms with Gasteiger partial charge in [-0.25, -0.2) is 0 Å². The molecule has 2 aromatic rings. The molecule has 2 aliphatic rings. The highest BCUT2D eigenvalue weighted by molar-refractivity contribution is 7.80. The number of rotatable bonds is 2. The van der Waals surface area contributed by atoms with Crippen LogP contribution in [-0.4, -0.2) is 38.8 Å². The molecule has 0 spiro atoms. The van der Waals surface area contributed by atoms with E-state index in [1.54, 1.807) is 0 Å². The molecule has 0 aromatic heterocycles. The van der Waals surface area contributed by atoms with E-state index in [9.17, 15) is 15.0 Å². The highest BCUT2D eigenvalue weighted by atomic mass is 35.5. The number of benzene rings is 2. The molecule has 0 unspecified atom stereocenters. The highest BCUT2D eigenvalue weighted by Gasteiger charge is 2.36. The van der Waals surface area contributed by atoms with E-state index in [2.05, 4.69) is 5.32 Å². The molecule has 0 amide bonds. The van der Waals surface area contributed by atoms with Crippen LogP contribution in [0.25, 0.3) is 0 Å². The quantitative estimate of drug-likeness (QED) is 0.352. The predicted octanol–water partition coefficient (Wildman–Crippen LogP) is 3.87. The smallest absolute Gasteiger partial charge is 0.302 e. The van der Waals surface area contributed by atoms with Crippen LogP contribution in [-0.2, 0) is 28.9 Å². The fraction of sp³-hybridized carbons (Fsp3) is 0.333. The normalized spacial score (nSPS) is 19.8. The summed E-state index contributed by atoms with van der Waals surface area (Å²) in [5, 5.41) is 24.0. The Morgan fingerprint density at radius 2 is 1.87 bits per heavy atom. The summed E-state index contributed by atoms with van der Waals surface area (Å²) in [7, 11) is 0. The molecular formula is C21H20Cl2N2O4S. The number of carbonyl (C=O) groups excluding carboxylic acids is 1. The van der Waals surface area contributed by atoms with Crippen molar-refractivity contribution in [2.45, 2.75) is 38.5 Å². The number of ether oxygens (including phenoxy) is 1. The van der Waals surface area contributed by atoms with Crippen molar-refractivity contribution in [1.29, 1.82) is 0 Å². The number of thiocarbonyl (C=S) groups is 1. The second-order valence-electron chi connectivity index (χ2n) is 7.43. The Bertz CT molecular complexity index is 1050. The number of fused-ring (bicyclic) bond motifs is 2. The first-order valence-corrected chi connectivity index (χ1v) is 10.7. The molecular weight excluding hydrogens is 447 g/mol. The minimum atomic E-state index is -0.430. The van der Waals surface area contributed by atoms with Gasteiger partial charge in [-0.3, -0.25) is 4.79 Å². The monoisotopic (exact) mass is 466 g/mol. The third-order valence-electron chi connectivity index (χ3n) is 5.58. The van der Waals surface area contributed by atoms with E-state index in [4.69, 9.17) is 40.2 Å². The molecule has 158 valence electrons. The summed E-state index contributed by atoms with van der Waals surface area (Å²) < 4.78 is 5.54. The zero-order chi connectivity index (χ0) is 21.6. The summed E-state index contributed by atoms with van der Waals surface area (Å²) in [4.78, 5) is 13.5. The average Bonchev–Trinajstić information content (AvgIpc) is 3.06. The topological polar surface area (TPSA) is 82.0 Å². The number of nitrogens with zero attached hydrogens (tertiary/aromatic N) is 1. The molecule has 3 N–H and O–H groups in total. The van der Waals surface area contributed by atoms with Crippen LogP contribution >= 0.6 is 35.4 Å². The second kappa shape index (κ2) is 8.13. The van der Waals surface area contributed by atoms with Crippen LogP contribution in [0.5, 0.6) is 11.5 Å². The van der Waals surface area contributed by atoms with E-state index in [1.807, 2.05) is 29.2 Å². The molecule has 2 aromatic carbocycles. The molecule has 2 atom stereocenters. The van der Waals surface area contributed by atoms with Gasteiger partial charge >= 0.3 is 5.97 Å². The summed E-state index contributed by atoms with van der Waals surface area (Å²) in [5.41, 5.74) is 3.51. The summed E-state index contributed by atoms with van der Waals surface area (Å²) >= 11 is 18.1. The summed E-state index contributed by atoms with van der Waals surface area (Å²) in [6.07, 6.45) is 0.778. The van der Waals surface area contributed by atoms with E-state index < -0.39 is 11.5 Å². The lowest BCUT2D eigenvalue weighted by molar-refractivity contribution is -0.147. The van der Waals surface area contributed by atoms with E-state index in [1.165, 1.54) is 6.92 Å². The molecule has 9 heteroatoms. The number of hydrogen-bond acceptors (Lipinski definition) is 5. The first kappa shape index (κ1) is 21.0. The molecule has 0 radical (unpaired) electrons. The van der Waals surface area contributed by atoms with Crippen LogP contribution < -0.4 is 5.32 Å². The van der Waals surface area contributed by atoms with Gasteiger partial charge in [-0.15, -0.1) is 0 Å². The van der Waals surface area contributed by atoms with Gasteiger partial charge < -0.3 is 25.2 Å². The van der Waals surface area contributed by atoms with E-state index in [0.717, 1.165) is 11.1 Å². The van der Waals surface area contributed by atoms with Crippen LogP contribution in [0.4, 0.5) is 0 Å². The molecule has 4 rings (SSSR count). The molecule has 1 aliphatic carbocycles. The number of hydrogen-bond donors (Lipinski definition) is 3. The van der Waals surface area contributed by atoms with Gasteiger partial charge in [0.15, 0.2) is 16.6 Å². The molecule has 0 saturated heterocycles. The zero-order valence-electron chi connectivity index (χ0n) is 16.1. The third-order valence-corrected chi connectivity index (χ3v) is 6.77. The largest absolute Gasteiger partial charge is 0.503 e. The van der Waals surface area contributed by atoms with Gasteiger partial charge in [0.1, 0.15) is 6.10 Å². The lowest BCUT2D eigenvalue weighted by atomic mass is 9.98. The molecule has 0 saturated carbocycles. The first-order chi connectivity index (χ1) is 14.3. The van der Waals surface area contributed by atoms with Crippen LogP contribution in [0.1, 0.15) is 35.2 Å². The Morgan fingerprint density at radius 1 is 1.20 bits per heavy atom. The minimum absolute atomic E-state index is 0.0726. The van der Waals surface area contributed by atoms with Gasteiger partial charge in [-0.2, -0.15) is 0 Å². The number of aromatic hydroxyl groups is 2. The van der Waals surface area contributed by atoms with Gasteiger partial charge in [0.25, 0.3) is 0 Å². The number of esters is 1. The van der Waals surface area contributed by atoms with Crippen molar-refractivity contribution >= 4 is 46.5 Å². The van der Waals surface area contributed by atoms with E-state index in [-0.39, 0.29) is 28.2 Å². The standard InChI is InChI=1S/C21H20Cl2N2O4S/c1-10(26)29-15-8-11-4-2-3-5-12(11)18(15)24-21(30)25-7-6-13-14(9-25)17(23)20(28)19(27)16(13)22/h2-5,15,18,27-28H,6-9H2,1H3,(H,24,30)/t15-,18-/m1/s1. The lowest BCUT2D eigenvalue weighted by Gasteiger charge is -2.34. The summed E-state index contributed by atoms with van der Waals surface area (Å²) in [6.45, 7) is 2.29. The summed E-state index contributed by atoms with van der Waals surface area (Å²) in [5.74, 6) is -1.17. The van der Waals surface area contributed by atoms with Crippen molar-refractivity contribution in [3.63, 3.8) is 0 Å². The predicted molar refractivity (Wildman–Crippen MR) is 118 cm³/mol. The zero-order valence-corrected chi connectivity index (χ0v) is 18.4. The maximum atomic E-state index is 11.6. The maximum absolute atomic E-state index is 11.6. The number of carbonyl (C=O) groups is 1.